The number of anilines is 1. The summed E-state index contributed by atoms with van der Waals surface area (Å²) < 4.78 is 25.0. The van der Waals surface area contributed by atoms with Crippen LogP contribution in [0, 0.1) is 11.3 Å². The first-order chi connectivity index (χ1) is 8.07. The lowest BCUT2D eigenvalue weighted by Crippen LogP contribution is -2.29. The molecule has 1 heterocycles. The van der Waals surface area contributed by atoms with Crippen molar-refractivity contribution in [3.63, 3.8) is 0 Å². The minimum atomic E-state index is -3.22. The van der Waals surface area contributed by atoms with Crippen LogP contribution in [0.5, 0.6) is 0 Å². The van der Waals surface area contributed by atoms with Crippen molar-refractivity contribution in [2.24, 2.45) is 0 Å². The first-order valence-corrected chi connectivity index (χ1v) is 6.80. The Balaban J connectivity index is 2.49. The highest BCUT2D eigenvalue weighted by atomic mass is 32.2. The fourth-order valence-electron chi connectivity index (χ4n) is 1.20. The molecule has 0 aromatic carbocycles. The van der Waals surface area contributed by atoms with Crippen LogP contribution in [0.25, 0.3) is 0 Å². The van der Waals surface area contributed by atoms with E-state index in [0.29, 0.717) is 17.9 Å². The summed E-state index contributed by atoms with van der Waals surface area (Å²) in [6, 6.07) is 5.14. The molecule has 0 fully saturated rings. The zero-order chi connectivity index (χ0) is 12.7. The van der Waals surface area contributed by atoms with Gasteiger partial charge in [-0.05, 0) is 12.1 Å². The van der Waals surface area contributed by atoms with Gasteiger partial charge in [-0.15, -0.1) is 0 Å². The number of hydrogen-bond acceptors (Lipinski definition) is 5. The number of nitrogens with zero attached hydrogens (tertiary/aromatic N) is 2. The second-order valence-corrected chi connectivity index (χ2v) is 5.21. The predicted octanol–water partition coefficient (Wildman–Crippen LogP) is 0.304. The molecule has 92 valence electrons. The van der Waals surface area contributed by atoms with Crippen LogP contribution in [-0.2, 0) is 10.0 Å². The topological polar surface area (TPSA) is 94.9 Å². The van der Waals surface area contributed by atoms with Gasteiger partial charge in [-0.2, -0.15) is 5.26 Å². The van der Waals surface area contributed by atoms with Crippen LogP contribution in [0.3, 0.4) is 0 Å². The molecule has 0 unspecified atom stereocenters. The average molecular weight is 254 g/mol. The molecule has 1 rings (SSSR count). The second-order valence-electron chi connectivity index (χ2n) is 3.29. The van der Waals surface area contributed by atoms with Crippen LogP contribution >= 0.6 is 0 Å². The van der Waals surface area contributed by atoms with Crippen molar-refractivity contribution in [1.29, 1.82) is 5.26 Å². The summed E-state index contributed by atoms with van der Waals surface area (Å²) >= 11 is 0. The number of rotatable bonds is 6. The van der Waals surface area contributed by atoms with Crippen molar-refractivity contribution in [3.05, 3.63) is 23.9 Å². The standard InChI is InChI=1S/C10H14N4O2S/c1-2-14-17(15,16)6-5-13-10-7-9(8-11)3-4-12-10/h3-4,7,14H,2,5-6H2,1H3,(H,12,13). The van der Waals surface area contributed by atoms with E-state index in [1.54, 1.807) is 19.1 Å². The van der Waals surface area contributed by atoms with Crippen molar-refractivity contribution in [2.75, 3.05) is 24.2 Å². The number of pyridine rings is 1. The van der Waals surface area contributed by atoms with E-state index >= 15 is 0 Å². The summed E-state index contributed by atoms with van der Waals surface area (Å²) in [7, 11) is -3.22. The quantitative estimate of drug-likeness (QED) is 0.761. The number of sulfonamides is 1. The molecular formula is C10H14N4O2S. The van der Waals surface area contributed by atoms with E-state index in [-0.39, 0.29) is 12.3 Å². The van der Waals surface area contributed by atoms with Crippen LogP contribution in [0.1, 0.15) is 12.5 Å². The Bertz CT molecular complexity index is 507. The minimum Gasteiger partial charge on any atom is -0.369 e. The molecule has 0 bridgehead atoms. The fourth-order valence-corrected chi connectivity index (χ4v) is 2.16. The van der Waals surface area contributed by atoms with Gasteiger partial charge >= 0.3 is 0 Å². The number of aromatic nitrogens is 1. The normalized spacial score (nSPS) is 10.8. The molecule has 0 radical (unpaired) electrons. The molecule has 0 aliphatic rings. The molecular weight excluding hydrogens is 240 g/mol. The molecule has 0 aliphatic carbocycles. The van der Waals surface area contributed by atoms with E-state index in [1.807, 2.05) is 6.07 Å². The van der Waals surface area contributed by atoms with Crippen LogP contribution in [0.2, 0.25) is 0 Å². The third kappa shape index (κ3) is 4.80. The van der Waals surface area contributed by atoms with Crippen molar-refractivity contribution in [1.82, 2.24) is 9.71 Å². The molecule has 6 nitrogen and oxygen atoms in total. The Labute approximate surface area is 101 Å². The van der Waals surface area contributed by atoms with Crippen molar-refractivity contribution in [2.45, 2.75) is 6.92 Å². The van der Waals surface area contributed by atoms with Crippen LogP contribution < -0.4 is 10.0 Å². The van der Waals surface area contributed by atoms with Gasteiger partial charge in [0.15, 0.2) is 0 Å². The number of nitriles is 1. The van der Waals surface area contributed by atoms with Gasteiger partial charge in [0, 0.05) is 19.3 Å². The Hall–Kier alpha value is -1.65. The maximum absolute atomic E-state index is 11.3. The van der Waals surface area contributed by atoms with Gasteiger partial charge in [-0.25, -0.2) is 18.1 Å². The Morgan fingerprint density at radius 1 is 1.53 bits per heavy atom. The third-order valence-electron chi connectivity index (χ3n) is 1.93. The molecule has 17 heavy (non-hydrogen) atoms. The van der Waals surface area contributed by atoms with Gasteiger partial charge in [0.05, 0.1) is 17.4 Å². The smallest absolute Gasteiger partial charge is 0.213 e. The van der Waals surface area contributed by atoms with Crippen LogP contribution in [0.15, 0.2) is 18.3 Å². The summed E-state index contributed by atoms with van der Waals surface area (Å²) in [4.78, 5) is 3.98. The first-order valence-electron chi connectivity index (χ1n) is 5.15. The van der Waals surface area contributed by atoms with E-state index in [1.165, 1.54) is 6.20 Å². The zero-order valence-electron chi connectivity index (χ0n) is 9.47. The van der Waals surface area contributed by atoms with Crippen molar-refractivity contribution in [3.8, 4) is 6.07 Å². The van der Waals surface area contributed by atoms with E-state index in [4.69, 9.17) is 5.26 Å². The third-order valence-corrected chi connectivity index (χ3v) is 3.40. The number of nitrogens with one attached hydrogen (secondary N) is 2. The van der Waals surface area contributed by atoms with Gasteiger partial charge in [-0.1, -0.05) is 6.92 Å². The fraction of sp³-hybridized carbons (Fsp3) is 0.400. The zero-order valence-corrected chi connectivity index (χ0v) is 10.3. The molecule has 2 N–H and O–H groups in total. The molecule has 1 aromatic rings. The van der Waals surface area contributed by atoms with Crippen LogP contribution in [-0.4, -0.2) is 32.2 Å². The molecule has 0 aliphatic heterocycles. The monoisotopic (exact) mass is 254 g/mol. The van der Waals surface area contributed by atoms with E-state index < -0.39 is 10.0 Å². The summed E-state index contributed by atoms with van der Waals surface area (Å²) in [5.41, 5.74) is 0.483. The Morgan fingerprint density at radius 2 is 2.29 bits per heavy atom. The van der Waals surface area contributed by atoms with Gasteiger partial charge in [0.25, 0.3) is 0 Å². The Morgan fingerprint density at radius 3 is 2.94 bits per heavy atom. The molecule has 0 spiro atoms. The largest absolute Gasteiger partial charge is 0.369 e. The first kappa shape index (κ1) is 13.4. The second kappa shape index (κ2) is 6.18. The lowest BCUT2D eigenvalue weighted by atomic mass is 10.3. The van der Waals surface area contributed by atoms with Gasteiger partial charge in [0.2, 0.25) is 10.0 Å². The van der Waals surface area contributed by atoms with Crippen LogP contribution in [0.4, 0.5) is 5.82 Å². The van der Waals surface area contributed by atoms with E-state index in [9.17, 15) is 8.42 Å². The van der Waals surface area contributed by atoms with Crippen molar-refractivity contribution >= 4 is 15.8 Å². The maximum Gasteiger partial charge on any atom is 0.213 e. The predicted molar refractivity (Wildman–Crippen MR) is 64.9 cm³/mol. The van der Waals surface area contributed by atoms with E-state index in [2.05, 4.69) is 15.0 Å². The summed E-state index contributed by atoms with van der Waals surface area (Å²) in [5.74, 6) is 0.468. The summed E-state index contributed by atoms with van der Waals surface area (Å²) in [6.45, 7) is 2.35. The van der Waals surface area contributed by atoms with E-state index in [0.717, 1.165) is 0 Å². The maximum atomic E-state index is 11.3. The molecule has 1 aromatic heterocycles. The molecule has 0 atom stereocenters. The average Bonchev–Trinajstić information content (AvgIpc) is 2.29. The van der Waals surface area contributed by atoms with Crippen molar-refractivity contribution < 1.29 is 8.42 Å². The highest BCUT2D eigenvalue weighted by molar-refractivity contribution is 7.89. The van der Waals surface area contributed by atoms with Gasteiger partial charge in [0.1, 0.15) is 5.82 Å². The molecule has 7 heteroatoms. The molecule has 0 amide bonds. The molecule has 0 saturated carbocycles. The number of hydrogen-bond donors (Lipinski definition) is 2. The lowest BCUT2D eigenvalue weighted by Gasteiger charge is -2.06. The highest BCUT2D eigenvalue weighted by Gasteiger charge is 2.07. The van der Waals surface area contributed by atoms with Gasteiger partial charge in [-0.3, -0.25) is 0 Å². The summed E-state index contributed by atoms with van der Waals surface area (Å²) in [6.07, 6.45) is 1.50. The molecule has 0 saturated heterocycles. The minimum absolute atomic E-state index is 0.0285. The highest BCUT2D eigenvalue weighted by Crippen LogP contribution is 2.04. The summed E-state index contributed by atoms with van der Waals surface area (Å²) in [5, 5.41) is 11.5. The Kier molecular flexibility index (Phi) is 4.87. The SMILES string of the molecule is CCNS(=O)(=O)CCNc1cc(C#N)ccn1. The van der Waals surface area contributed by atoms with Gasteiger partial charge < -0.3 is 5.32 Å². The lowest BCUT2D eigenvalue weighted by molar-refractivity contribution is 0.584.